The Morgan fingerprint density at radius 2 is 1.48 bits per heavy atom. The van der Waals surface area contributed by atoms with E-state index in [0.29, 0.717) is 10.7 Å². The van der Waals surface area contributed by atoms with Crippen molar-refractivity contribution in [2.45, 2.75) is 0 Å². The second kappa shape index (κ2) is 10.3. The Hall–Kier alpha value is -3.35. The molecule has 0 aromatic heterocycles. The lowest BCUT2D eigenvalue weighted by atomic mass is 10.2. The summed E-state index contributed by atoms with van der Waals surface area (Å²) in [6.07, 6.45) is 3.01. The van der Waals surface area contributed by atoms with Gasteiger partial charge in [-0.25, -0.2) is 0 Å². The van der Waals surface area contributed by atoms with Crippen LogP contribution in [0, 0.1) is 0 Å². The van der Waals surface area contributed by atoms with Gasteiger partial charge in [-0.05, 0) is 66.3 Å². The van der Waals surface area contributed by atoms with Gasteiger partial charge < -0.3 is 5.32 Å². The number of hydrogen-bond acceptors (Lipinski definition) is 4. The first-order valence-corrected chi connectivity index (χ1v) is 9.50. The van der Waals surface area contributed by atoms with Crippen LogP contribution in [-0.2, 0) is 4.79 Å². The van der Waals surface area contributed by atoms with Gasteiger partial charge in [0.05, 0.1) is 11.4 Å². The Morgan fingerprint density at radius 1 is 0.862 bits per heavy atom. The molecule has 0 aliphatic carbocycles. The molecule has 144 valence electrons. The highest BCUT2D eigenvalue weighted by Gasteiger charge is 2.03. The molecule has 0 spiro atoms. The van der Waals surface area contributed by atoms with Gasteiger partial charge in [0.25, 0.3) is 0 Å². The van der Waals surface area contributed by atoms with Gasteiger partial charge in [0.2, 0.25) is 5.91 Å². The summed E-state index contributed by atoms with van der Waals surface area (Å²) < 4.78 is 0. The minimum Gasteiger partial charge on any atom is -0.332 e. The molecule has 3 aromatic rings. The van der Waals surface area contributed by atoms with Crippen LogP contribution in [0.1, 0.15) is 5.56 Å². The molecule has 0 saturated heterocycles. The third-order valence-corrected chi connectivity index (χ3v) is 4.27. The van der Waals surface area contributed by atoms with E-state index in [1.807, 2.05) is 48.5 Å². The van der Waals surface area contributed by atoms with Crippen LogP contribution in [0.4, 0.5) is 17.1 Å². The van der Waals surface area contributed by atoms with Crippen LogP contribution < -0.4 is 10.6 Å². The zero-order valence-corrected chi connectivity index (χ0v) is 16.8. The fraction of sp³-hybridized carbons (Fsp3) is 0. The Bertz CT molecular complexity index is 1050. The SMILES string of the molecule is O=C(C=Cc1ccccc1Cl)NC(=S)Nc1ccc(N=Nc2ccccc2)cc1. The van der Waals surface area contributed by atoms with E-state index in [9.17, 15) is 4.79 Å². The Kier molecular flexibility index (Phi) is 7.22. The van der Waals surface area contributed by atoms with Crippen molar-refractivity contribution in [1.29, 1.82) is 0 Å². The molecule has 0 unspecified atom stereocenters. The van der Waals surface area contributed by atoms with Gasteiger partial charge in [-0.15, -0.1) is 0 Å². The summed E-state index contributed by atoms with van der Waals surface area (Å²) in [5, 5.41) is 14.6. The standard InChI is InChI=1S/C22H17ClN4OS/c23-20-9-5-4-6-16(20)10-15-21(28)25-22(29)24-17-11-13-19(14-12-17)27-26-18-7-2-1-3-8-18/h1-15H,(H2,24,25,28,29). The fourth-order valence-electron chi connectivity index (χ4n) is 2.31. The predicted molar refractivity (Wildman–Crippen MR) is 122 cm³/mol. The highest BCUT2D eigenvalue weighted by molar-refractivity contribution is 7.80. The average molecular weight is 421 g/mol. The van der Waals surface area contributed by atoms with Crippen LogP contribution in [-0.4, -0.2) is 11.0 Å². The van der Waals surface area contributed by atoms with Crippen LogP contribution in [0.25, 0.3) is 6.08 Å². The van der Waals surface area contributed by atoms with Crippen molar-refractivity contribution >= 4 is 58.0 Å². The van der Waals surface area contributed by atoms with Crippen molar-refractivity contribution in [3.63, 3.8) is 0 Å². The topological polar surface area (TPSA) is 65.8 Å². The maximum absolute atomic E-state index is 12.0. The van der Waals surface area contributed by atoms with Crippen molar-refractivity contribution in [3.8, 4) is 0 Å². The molecule has 0 aliphatic rings. The molecule has 0 heterocycles. The lowest BCUT2D eigenvalue weighted by Gasteiger charge is -2.08. The number of hydrogen-bond donors (Lipinski definition) is 2. The monoisotopic (exact) mass is 420 g/mol. The predicted octanol–water partition coefficient (Wildman–Crippen LogP) is 6.28. The number of anilines is 1. The van der Waals surface area contributed by atoms with Crippen molar-refractivity contribution < 1.29 is 4.79 Å². The number of thiocarbonyl (C=S) groups is 1. The minimum absolute atomic E-state index is 0.192. The van der Waals surface area contributed by atoms with Gasteiger partial charge in [-0.2, -0.15) is 10.2 Å². The van der Waals surface area contributed by atoms with Crippen molar-refractivity contribution in [2.75, 3.05) is 5.32 Å². The number of azo groups is 1. The summed E-state index contributed by atoms with van der Waals surface area (Å²) in [5.74, 6) is -0.351. The molecule has 3 aromatic carbocycles. The fourth-order valence-corrected chi connectivity index (χ4v) is 2.73. The quantitative estimate of drug-likeness (QED) is 0.290. The van der Waals surface area contributed by atoms with Gasteiger partial charge >= 0.3 is 0 Å². The van der Waals surface area contributed by atoms with Crippen LogP contribution in [0.3, 0.4) is 0 Å². The zero-order chi connectivity index (χ0) is 20.5. The van der Waals surface area contributed by atoms with E-state index >= 15 is 0 Å². The molecule has 0 aliphatic heterocycles. The number of nitrogens with zero attached hydrogens (tertiary/aromatic N) is 2. The molecule has 0 atom stereocenters. The van der Waals surface area contributed by atoms with Gasteiger partial charge in [-0.1, -0.05) is 48.0 Å². The second-order valence-electron chi connectivity index (χ2n) is 5.88. The zero-order valence-electron chi connectivity index (χ0n) is 15.2. The molecule has 29 heavy (non-hydrogen) atoms. The summed E-state index contributed by atoms with van der Waals surface area (Å²) in [7, 11) is 0. The van der Waals surface area contributed by atoms with Crippen LogP contribution in [0.5, 0.6) is 0 Å². The van der Waals surface area contributed by atoms with Gasteiger partial charge in [-0.3, -0.25) is 10.1 Å². The normalized spacial score (nSPS) is 10.9. The molecule has 2 N–H and O–H groups in total. The molecule has 7 heteroatoms. The molecule has 0 bridgehead atoms. The van der Waals surface area contributed by atoms with E-state index in [1.165, 1.54) is 6.08 Å². The summed E-state index contributed by atoms with van der Waals surface area (Å²) >= 11 is 11.2. The molecule has 0 radical (unpaired) electrons. The number of carbonyl (C=O) groups excluding carboxylic acids is 1. The number of halogens is 1. The van der Waals surface area contributed by atoms with Gasteiger partial charge in [0.1, 0.15) is 0 Å². The van der Waals surface area contributed by atoms with E-state index in [0.717, 1.165) is 16.9 Å². The summed E-state index contributed by atoms with van der Waals surface area (Å²) in [5.41, 5.74) is 2.97. The Balaban J connectivity index is 1.52. The number of amides is 1. The molecule has 1 amide bonds. The number of benzene rings is 3. The maximum atomic E-state index is 12.0. The van der Waals surface area contributed by atoms with E-state index in [1.54, 1.807) is 36.4 Å². The van der Waals surface area contributed by atoms with Crippen molar-refractivity contribution in [3.05, 3.63) is 95.5 Å². The summed E-state index contributed by atoms with van der Waals surface area (Å²) in [6, 6.07) is 23.9. The highest BCUT2D eigenvalue weighted by Crippen LogP contribution is 2.20. The van der Waals surface area contributed by atoms with Gasteiger partial charge in [0.15, 0.2) is 5.11 Å². The smallest absolute Gasteiger partial charge is 0.250 e. The maximum Gasteiger partial charge on any atom is 0.250 e. The molecular weight excluding hydrogens is 404 g/mol. The highest BCUT2D eigenvalue weighted by atomic mass is 35.5. The second-order valence-corrected chi connectivity index (χ2v) is 6.70. The first-order valence-electron chi connectivity index (χ1n) is 8.71. The van der Waals surface area contributed by atoms with E-state index in [2.05, 4.69) is 20.9 Å². The number of rotatable bonds is 5. The largest absolute Gasteiger partial charge is 0.332 e. The van der Waals surface area contributed by atoms with Crippen molar-refractivity contribution in [1.82, 2.24) is 5.32 Å². The lowest BCUT2D eigenvalue weighted by molar-refractivity contribution is -0.115. The molecule has 3 rings (SSSR count). The lowest BCUT2D eigenvalue weighted by Crippen LogP contribution is -2.32. The first kappa shape index (κ1) is 20.4. The number of nitrogens with one attached hydrogen (secondary N) is 2. The molecular formula is C22H17ClN4OS. The van der Waals surface area contributed by atoms with Crippen LogP contribution in [0.2, 0.25) is 5.02 Å². The molecule has 0 fully saturated rings. The Morgan fingerprint density at radius 3 is 2.17 bits per heavy atom. The molecule has 0 saturated carbocycles. The van der Waals surface area contributed by atoms with E-state index in [-0.39, 0.29) is 11.0 Å². The third-order valence-electron chi connectivity index (χ3n) is 3.72. The number of carbonyl (C=O) groups is 1. The van der Waals surface area contributed by atoms with Crippen LogP contribution in [0.15, 0.2) is 95.2 Å². The minimum atomic E-state index is -0.351. The summed E-state index contributed by atoms with van der Waals surface area (Å²) in [4.78, 5) is 12.0. The summed E-state index contributed by atoms with van der Waals surface area (Å²) in [6.45, 7) is 0. The van der Waals surface area contributed by atoms with Crippen molar-refractivity contribution in [2.24, 2.45) is 10.2 Å². The van der Waals surface area contributed by atoms with Crippen LogP contribution >= 0.6 is 23.8 Å². The Labute approximate surface area is 179 Å². The van der Waals surface area contributed by atoms with E-state index < -0.39 is 0 Å². The van der Waals surface area contributed by atoms with Gasteiger partial charge in [0, 0.05) is 16.8 Å². The first-order chi connectivity index (χ1) is 14.1. The molecule has 5 nitrogen and oxygen atoms in total. The third kappa shape index (κ3) is 6.64. The van der Waals surface area contributed by atoms with E-state index in [4.69, 9.17) is 23.8 Å². The average Bonchev–Trinajstić information content (AvgIpc) is 2.73.